The number of rotatable bonds is 10. The van der Waals surface area contributed by atoms with Gasteiger partial charge in [-0.05, 0) is 56.7 Å². The summed E-state index contributed by atoms with van der Waals surface area (Å²) in [6.45, 7) is 4.66. The normalized spacial score (nSPS) is 13.3. The van der Waals surface area contributed by atoms with Crippen molar-refractivity contribution in [2.45, 2.75) is 44.0 Å². The second kappa shape index (κ2) is 10.7. The van der Waals surface area contributed by atoms with Crippen LogP contribution >= 0.6 is 11.6 Å². The van der Waals surface area contributed by atoms with Crippen molar-refractivity contribution < 1.29 is 27.5 Å². The number of benzene rings is 2. The van der Waals surface area contributed by atoms with E-state index in [-0.39, 0.29) is 17.1 Å². The van der Waals surface area contributed by atoms with E-state index in [4.69, 9.17) is 21.1 Å². The summed E-state index contributed by atoms with van der Waals surface area (Å²) in [5.41, 5.74) is -0.718. The maximum Gasteiger partial charge on any atom is 0.338 e. The van der Waals surface area contributed by atoms with Gasteiger partial charge in [-0.3, -0.25) is 0 Å². The molecular weight excluding hydrogens is 442 g/mol. The van der Waals surface area contributed by atoms with Crippen LogP contribution in [0, 0.1) is 6.92 Å². The second-order valence-electron chi connectivity index (χ2n) is 7.32. The smallest absolute Gasteiger partial charge is 0.338 e. The summed E-state index contributed by atoms with van der Waals surface area (Å²) >= 11 is 5.82. The number of aryl methyl sites for hydroxylation is 1. The standard InChI is InChI=1S/C22H26ClNO6S/c1-4-5-14-29-21(26)22(3,15-30-20(25)17-8-10-18(23)11-9-17)24-31(27,28)19-12-6-16(2)7-13-19/h6-13,24H,4-5,14-15H2,1-3H3/t22-/m1/s1. The van der Waals surface area contributed by atoms with Crippen LogP contribution in [-0.4, -0.2) is 39.1 Å². The van der Waals surface area contributed by atoms with Crippen molar-refractivity contribution in [2.75, 3.05) is 13.2 Å². The molecule has 9 heteroatoms. The Hall–Kier alpha value is -2.42. The lowest BCUT2D eigenvalue weighted by Crippen LogP contribution is -2.56. The Morgan fingerprint density at radius 3 is 2.23 bits per heavy atom. The van der Waals surface area contributed by atoms with Crippen LogP contribution in [-0.2, 0) is 24.3 Å². The number of esters is 2. The molecule has 0 fully saturated rings. The van der Waals surface area contributed by atoms with E-state index >= 15 is 0 Å². The summed E-state index contributed by atoms with van der Waals surface area (Å²) in [4.78, 5) is 25.1. The topological polar surface area (TPSA) is 98.8 Å². The SMILES string of the molecule is CCCCOC(=O)[C@@](C)(COC(=O)c1ccc(Cl)cc1)NS(=O)(=O)c1ccc(C)cc1. The predicted octanol–water partition coefficient (Wildman–Crippen LogP) is 3.89. The Morgan fingerprint density at radius 1 is 1.03 bits per heavy atom. The van der Waals surface area contributed by atoms with Crippen LogP contribution in [0.3, 0.4) is 0 Å². The number of halogens is 1. The Labute approximate surface area is 187 Å². The molecule has 0 aliphatic heterocycles. The Balaban J connectivity index is 2.23. The van der Waals surface area contributed by atoms with Crippen LogP contribution in [0.5, 0.6) is 0 Å². The van der Waals surface area contributed by atoms with E-state index in [1.54, 1.807) is 12.1 Å². The van der Waals surface area contributed by atoms with Gasteiger partial charge in [-0.1, -0.05) is 42.6 Å². The third kappa shape index (κ3) is 7.05. The molecule has 0 aromatic heterocycles. The van der Waals surface area contributed by atoms with Gasteiger partial charge in [-0.15, -0.1) is 0 Å². The molecule has 0 aliphatic carbocycles. The number of sulfonamides is 1. The van der Waals surface area contributed by atoms with Crippen LogP contribution in [0.4, 0.5) is 0 Å². The second-order valence-corrected chi connectivity index (χ2v) is 9.44. The third-order valence-corrected chi connectivity index (χ3v) is 6.31. The van der Waals surface area contributed by atoms with E-state index in [1.165, 1.54) is 43.3 Å². The van der Waals surface area contributed by atoms with Crippen LogP contribution < -0.4 is 4.72 Å². The molecule has 0 aliphatic rings. The molecule has 1 N–H and O–H groups in total. The molecule has 0 saturated carbocycles. The van der Waals surface area contributed by atoms with E-state index in [0.29, 0.717) is 11.4 Å². The molecule has 0 amide bonds. The average Bonchev–Trinajstić information content (AvgIpc) is 2.72. The van der Waals surface area contributed by atoms with E-state index in [2.05, 4.69) is 4.72 Å². The maximum absolute atomic E-state index is 12.9. The van der Waals surface area contributed by atoms with Gasteiger partial charge in [0.05, 0.1) is 17.1 Å². The van der Waals surface area contributed by atoms with Gasteiger partial charge in [0.15, 0.2) is 5.54 Å². The number of hydrogen-bond donors (Lipinski definition) is 1. The quantitative estimate of drug-likeness (QED) is 0.420. The summed E-state index contributed by atoms with van der Waals surface area (Å²) < 4.78 is 38.6. The van der Waals surface area contributed by atoms with Crippen molar-refractivity contribution in [3.63, 3.8) is 0 Å². The molecule has 0 bridgehead atoms. The first kappa shape index (κ1) is 24.8. The monoisotopic (exact) mass is 467 g/mol. The highest BCUT2D eigenvalue weighted by atomic mass is 35.5. The third-order valence-electron chi connectivity index (χ3n) is 4.44. The van der Waals surface area contributed by atoms with Crippen molar-refractivity contribution in [3.05, 3.63) is 64.7 Å². The summed E-state index contributed by atoms with van der Waals surface area (Å²) in [6.07, 6.45) is 1.42. The molecule has 0 unspecified atom stereocenters. The summed E-state index contributed by atoms with van der Waals surface area (Å²) in [5, 5.41) is 0.451. The highest BCUT2D eigenvalue weighted by Gasteiger charge is 2.41. The van der Waals surface area contributed by atoms with E-state index in [0.717, 1.165) is 12.0 Å². The zero-order chi connectivity index (χ0) is 23.1. The lowest BCUT2D eigenvalue weighted by molar-refractivity contribution is -0.152. The minimum atomic E-state index is -4.09. The van der Waals surface area contributed by atoms with Gasteiger partial charge in [-0.2, -0.15) is 4.72 Å². The van der Waals surface area contributed by atoms with Crippen molar-refractivity contribution in [1.82, 2.24) is 4.72 Å². The minimum Gasteiger partial charge on any atom is -0.464 e. The first-order valence-corrected chi connectivity index (χ1v) is 11.6. The summed E-state index contributed by atoms with van der Waals surface area (Å²) in [6, 6.07) is 12.1. The number of unbranched alkanes of at least 4 members (excludes halogenated alkanes) is 1. The molecular formula is C22H26ClNO6S. The molecule has 2 aromatic rings. The van der Waals surface area contributed by atoms with Crippen molar-refractivity contribution in [2.24, 2.45) is 0 Å². The number of carbonyl (C=O) groups excluding carboxylic acids is 2. The lowest BCUT2D eigenvalue weighted by atomic mass is 10.1. The molecule has 0 heterocycles. The zero-order valence-electron chi connectivity index (χ0n) is 17.7. The van der Waals surface area contributed by atoms with Crippen LogP contribution in [0.25, 0.3) is 0 Å². The lowest BCUT2D eigenvalue weighted by Gasteiger charge is -2.28. The van der Waals surface area contributed by atoms with E-state index < -0.39 is 34.1 Å². The highest BCUT2D eigenvalue weighted by molar-refractivity contribution is 7.89. The van der Waals surface area contributed by atoms with Gasteiger partial charge in [0, 0.05) is 5.02 Å². The van der Waals surface area contributed by atoms with Crippen molar-refractivity contribution in [1.29, 1.82) is 0 Å². The van der Waals surface area contributed by atoms with Crippen molar-refractivity contribution in [3.8, 4) is 0 Å². The first-order chi connectivity index (χ1) is 14.6. The molecule has 0 saturated heterocycles. The largest absolute Gasteiger partial charge is 0.464 e. The fraction of sp³-hybridized carbons (Fsp3) is 0.364. The number of ether oxygens (including phenoxy) is 2. The van der Waals surface area contributed by atoms with E-state index in [1.807, 2.05) is 13.8 Å². The van der Waals surface area contributed by atoms with Crippen LogP contribution in [0.2, 0.25) is 5.02 Å². The van der Waals surface area contributed by atoms with Crippen LogP contribution in [0.15, 0.2) is 53.4 Å². The summed E-state index contributed by atoms with van der Waals surface area (Å²) in [7, 11) is -4.09. The molecule has 0 spiro atoms. The van der Waals surface area contributed by atoms with Crippen molar-refractivity contribution >= 4 is 33.6 Å². The molecule has 168 valence electrons. The fourth-order valence-corrected chi connectivity index (χ4v) is 4.02. The molecule has 7 nitrogen and oxygen atoms in total. The maximum atomic E-state index is 12.9. The molecule has 2 rings (SSSR count). The number of hydrogen-bond acceptors (Lipinski definition) is 6. The number of nitrogens with one attached hydrogen (secondary N) is 1. The van der Waals surface area contributed by atoms with Crippen LogP contribution in [0.1, 0.15) is 42.6 Å². The van der Waals surface area contributed by atoms with Gasteiger partial charge in [0.2, 0.25) is 10.0 Å². The highest BCUT2D eigenvalue weighted by Crippen LogP contribution is 2.18. The number of carbonyl (C=O) groups is 2. The predicted molar refractivity (Wildman–Crippen MR) is 118 cm³/mol. The van der Waals surface area contributed by atoms with Gasteiger partial charge in [-0.25, -0.2) is 18.0 Å². The zero-order valence-corrected chi connectivity index (χ0v) is 19.3. The molecule has 1 atom stereocenters. The Kier molecular flexibility index (Phi) is 8.61. The Bertz CT molecular complexity index is 1010. The van der Waals surface area contributed by atoms with Gasteiger partial charge >= 0.3 is 11.9 Å². The molecule has 31 heavy (non-hydrogen) atoms. The van der Waals surface area contributed by atoms with E-state index in [9.17, 15) is 18.0 Å². The minimum absolute atomic E-state index is 0.0188. The molecule has 0 radical (unpaired) electrons. The molecule has 2 aromatic carbocycles. The Morgan fingerprint density at radius 2 is 1.65 bits per heavy atom. The average molecular weight is 468 g/mol. The fourth-order valence-electron chi connectivity index (χ4n) is 2.55. The van der Waals surface area contributed by atoms with Gasteiger partial charge in [0.1, 0.15) is 6.61 Å². The summed E-state index contributed by atoms with van der Waals surface area (Å²) in [5.74, 6) is -1.56. The first-order valence-electron chi connectivity index (χ1n) is 9.78. The van der Waals surface area contributed by atoms with Gasteiger partial charge in [0.25, 0.3) is 0 Å². The van der Waals surface area contributed by atoms with Gasteiger partial charge < -0.3 is 9.47 Å².